The average Bonchev–Trinajstić information content (AvgIpc) is 2.71. The lowest BCUT2D eigenvalue weighted by Gasteiger charge is -2.29. The summed E-state index contributed by atoms with van der Waals surface area (Å²) in [5.74, 6) is -3.40. The number of rotatable bonds is 9. The summed E-state index contributed by atoms with van der Waals surface area (Å²) in [6.07, 6.45) is -2.22. The number of carbonyl (C=O) groups is 1. The summed E-state index contributed by atoms with van der Waals surface area (Å²) in [6, 6.07) is 3.83. The van der Waals surface area contributed by atoms with Crippen LogP contribution >= 0.6 is 0 Å². The molecule has 2 aromatic rings. The minimum absolute atomic E-state index is 0.292. The van der Waals surface area contributed by atoms with Crippen molar-refractivity contribution >= 4 is 15.7 Å². The molecule has 7 nitrogen and oxygen atoms in total. The molecule has 1 amide bonds. The van der Waals surface area contributed by atoms with Crippen molar-refractivity contribution in [1.82, 2.24) is 15.6 Å². The van der Waals surface area contributed by atoms with Crippen molar-refractivity contribution in [2.24, 2.45) is 0 Å². The van der Waals surface area contributed by atoms with Crippen LogP contribution in [0.4, 0.5) is 17.6 Å². The molecule has 0 saturated carbocycles. The molecule has 1 aromatic carbocycles. The Hall–Kier alpha value is -3.04. The molecule has 0 fully saturated rings. The second-order valence-corrected chi connectivity index (χ2v) is 10.00. The number of halogens is 4. The molecule has 2 atom stereocenters. The van der Waals surface area contributed by atoms with Crippen LogP contribution in [0.1, 0.15) is 31.0 Å². The molecule has 178 valence electrons. The molecule has 0 saturated heterocycles. The topological polar surface area (TPSA) is 112 Å². The predicted molar refractivity (Wildman–Crippen MR) is 112 cm³/mol. The molecule has 2 N–H and O–H groups in total. The SMILES string of the molecule is CC(C)(C#N)NC(=O)[C@H](CS(=O)(=O)Cc1cccnc1)N[C@@H](c1ccc(F)cc1)C(F)(F)F. The van der Waals surface area contributed by atoms with E-state index in [0.717, 1.165) is 24.3 Å². The number of hydrogen-bond donors (Lipinski definition) is 2. The van der Waals surface area contributed by atoms with Gasteiger partial charge < -0.3 is 5.32 Å². The fourth-order valence-electron chi connectivity index (χ4n) is 2.91. The number of nitrogens with zero attached hydrogens (tertiary/aromatic N) is 2. The first kappa shape index (κ1) is 26.2. The molecule has 0 aliphatic carbocycles. The van der Waals surface area contributed by atoms with Crippen LogP contribution in [0, 0.1) is 17.1 Å². The van der Waals surface area contributed by atoms with E-state index in [0.29, 0.717) is 5.56 Å². The summed E-state index contributed by atoms with van der Waals surface area (Å²) < 4.78 is 80.1. The molecular formula is C21H22F4N4O3S. The summed E-state index contributed by atoms with van der Waals surface area (Å²) in [5, 5.41) is 13.4. The van der Waals surface area contributed by atoms with Crippen molar-refractivity contribution in [3.05, 3.63) is 65.7 Å². The van der Waals surface area contributed by atoms with E-state index in [2.05, 4.69) is 15.6 Å². The number of nitriles is 1. The van der Waals surface area contributed by atoms with Gasteiger partial charge in [-0.15, -0.1) is 0 Å². The summed E-state index contributed by atoms with van der Waals surface area (Å²) in [6.45, 7) is 2.63. The first-order valence-electron chi connectivity index (χ1n) is 9.63. The highest BCUT2D eigenvalue weighted by molar-refractivity contribution is 7.90. The third-order valence-electron chi connectivity index (χ3n) is 4.46. The van der Waals surface area contributed by atoms with Gasteiger partial charge in [-0.3, -0.25) is 15.1 Å². The van der Waals surface area contributed by atoms with Gasteiger partial charge in [-0.25, -0.2) is 12.8 Å². The highest BCUT2D eigenvalue weighted by Gasteiger charge is 2.44. The van der Waals surface area contributed by atoms with Gasteiger partial charge in [0.25, 0.3) is 0 Å². The van der Waals surface area contributed by atoms with Gasteiger partial charge in [0.15, 0.2) is 9.84 Å². The van der Waals surface area contributed by atoms with Crippen molar-refractivity contribution in [3.8, 4) is 6.07 Å². The van der Waals surface area contributed by atoms with Crippen LogP contribution in [0.15, 0.2) is 48.8 Å². The minimum Gasteiger partial charge on any atom is -0.337 e. The van der Waals surface area contributed by atoms with Gasteiger partial charge in [0, 0.05) is 12.4 Å². The number of amides is 1. The Labute approximate surface area is 188 Å². The Bertz CT molecular complexity index is 1100. The second kappa shape index (κ2) is 10.3. The van der Waals surface area contributed by atoms with Gasteiger partial charge in [0.2, 0.25) is 5.91 Å². The zero-order valence-electron chi connectivity index (χ0n) is 17.7. The molecule has 0 radical (unpaired) electrons. The molecule has 0 bridgehead atoms. The van der Waals surface area contributed by atoms with Crippen LogP contribution in [0.25, 0.3) is 0 Å². The van der Waals surface area contributed by atoms with Gasteiger partial charge in [0.1, 0.15) is 23.4 Å². The summed E-state index contributed by atoms with van der Waals surface area (Å²) in [7, 11) is -4.09. The number of carbonyl (C=O) groups excluding carboxylic acids is 1. The lowest BCUT2D eigenvalue weighted by atomic mass is 10.0. The van der Waals surface area contributed by atoms with E-state index in [1.165, 1.54) is 38.4 Å². The fourth-order valence-corrected chi connectivity index (χ4v) is 4.46. The number of alkyl halides is 3. The third kappa shape index (κ3) is 8.11. The molecule has 0 spiro atoms. The monoisotopic (exact) mass is 486 g/mol. The van der Waals surface area contributed by atoms with Crippen LogP contribution in [-0.4, -0.2) is 42.8 Å². The van der Waals surface area contributed by atoms with Gasteiger partial charge >= 0.3 is 6.18 Å². The first-order chi connectivity index (χ1) is 15.2. The molecule has 1 heterocycles. The lowest BCUT2D eigenvalue weighted by Crippen LogP contribution is -2.56. The second-order valence-electron chi connectivity index (χ2n) is 7.89. The number of nitrogens with one attached hydrogen (secondary N) is 2. The molecule has 0 unspecified atom stereocenters. The van der Waals surface area contributed by atoms with Crippen molar-refractivity contribution < 1.29 is 30.8 Å². The smallest absolute Gasteiger partial charge is 0.337 e. The van der Waals surface area contributed by atoms with Crippen molar-refractivity contribution in [1.29, 1.82) is 5.26 Å². The highest BCUT2D eigenvalue weighted by Crippen LogP contribution is 2.33. The summed E-state index contributed by atoms with van der Waals surface area (Å²) in [4.78, 5) is 16.6. The van der Waals surface area contributed by atoms with Crippen LogP contribution in [-0.2, 0) is 20.4 Å². The molecule has 33 heavy (non-hydrogen) atoms. The Kier molecular flexibility index (Phi) is 8.16. The number of hydrogen-bond acceptors (Lipinski definition) is 6. The van der Waals surface area contributed by atoms with Gasteiger partial charge in [0.05, 0.1) is 17.6 Å². The quantitative estimate of drug-likeness (QED) is 0.528. The number of aromatic nitrogens is 1. The van der Waals surface area contributed by atoms with E-state index in [9.17, 15) is 30.8 Å². The predicted octanol–water partition coefficient (Wildman–Crippen LogP) is 2.82. The van der Waals surface area contributed by atoms with Gasteiger partial charge in [-0.05, 0) is 43.2 Å². The van der Waals surface area contributed by atoms with E-state index in [-0.39, 0.29) is 0 Å². The lowest BCUT2D eigenvalue weighted by molar-refractivity contribution is -0.160. The maximum atomic E-state index is 13.8. The molecule has 12 heteroatoms. The summed E-state index contributed by atoms with van der Waals surface area (Å²) >= 11 is 0. The molecule has 2 rings (SSSR count). The summed E-state index contributed by atoms with van der Waals surface area (Å²) in [5.41, 5.74) is -1.58. The maximum absolute atomic E-state index is 13.8. The van der Waals surface area contributed by atoms with Gasteiger partial charge in [-0.2, -0.15) is 18.4 Å². The number of pyridine rings is 1. The minimum atomic E-state index is -4.94. The largest absolute Gasteiger partial charge is 0.407 e. The van der Waals surface area contributed by atoms with Crippen molar-refractivity contribution in [3.63, 3.8) is 0 Å². The average molecular weight is 486 g/mol. The van der Waals surface area contributed by atoms with Crippen LogP contribution in [0.2, 0.25) is 0 Å². The highest BCUT2D eigenvalue weighted by atomic mass is 32.2. The fraction of sp³-hybridized carbons (Fsp3) is 0.381. The molecule has 0 aliphatic rings. The third-order valence-corrected chi connectivity index (χ3v) is 6.07. The standard InChI is InChI=1S/C21H22F4N4O3S/c1-20(2,13-26)29-19(30)17(12-33(31,32)11-14-4-3-9-27-10-14)28-18(21(23,24)25)15-5-7-16(22)8-6-15/h3-10,17-18,28H,11-12H2,1-2H3,(H,29,30)/t17-,18-/m0/s1. The Morgan fingerprint density at radius 1 is 1.18 bits per heavy atom. The van der Waals surface area contributed by atoms with Crippen LogP contribution in [0.3, 0.4) is 0 Å². The molecule has 0 aliphatic heterocycles. The molecular weight excluding hydrogens is 464 g/mol. The Morgan fingerprint density at radius 3 is 2.33 bits per heavy atom. The zero-order chi connectivity index (χ0) is 24.9. The van der Waals surface area contributed by atoms with Crippen LogP contribution < -0.4 is 10.6 Å². The number of sulfone groups is 1. The molecule has 1 aromatic heterocycles. The van der Waals surface area contributed by atoms with Crippen LogP contribution in [0.5, 0.6) is 0 Å². The zero-order valence-corrected chi connectivity index (χ0v) is 18.5. The first-order valence-corrected chi connectivity index (χ1v) is 11.5. The van der Waals surface area contributed by atoms with E-state index in [4.69, 9.17) is 5.26 Å². The number of benzene rings is 1. The van der Waals surface area contributed by atoms with E-state index < -0.39 is 62.4 Å². The van der Waals surface area contributed by atoms with Crippen molar-refractivity contribution in [2.45, 2.75) is 43.4 Å². The van der Waals surface area contributed by atoms with E-state index in [1.54, 1.807) is 6.07 Å². The Morgan fingerprint density at radius 2 is 1.82 bits per heavy atom. The van der Waals surface area contributed by atoms with E-state index >= 15 is 0 Å². The van der Waals surface area contributed by atoms with Gasteiger partial charge in [-0.1, -0.05) is 18.2 Å². The maximum Gasteiger partial charge on any atom is 0.407 e. The normalized spacial score (nSPS) is 14.2. The Balaban J connectivity index is 2.39. The van der Waals surface area contributed by atoms with E-state index in [1.807, 2.05) is 0 Å². The van der Waals surface area contributed by atoms with Crippen molar-refractivity contribution in [2.75, 3.05) is 5.75 Å².